The van der Waals surface area contributed by atoms with Crippen LogP contribution in [-0.4, -0.2) is 17.3 Å². The second-order valence-corrected chi connectivity index (χ2v) is 3.88. The molecule has 0 aromatic heterocycles. The van der Waals surface area contributed by atoms with Crippen molar-refractivity contribution >= 4 is 17.3 Å². The lowest BCUT2D eigenvalue weighted by molar-refractivity contribution is -0.125. The predicted molar refractivity (Wildman–Crippen MR) is 58.7 cm³/mol. The highest BCUT2D eigenvalue weighted by Gasteiger charge is 2.07. The fraction of sp³-hybridized carbons (Fsp3) is 0.750. The summed E-state index contributed by atoms with van der Waals surface area (Å²) in [6, 6.07) is 0. The number of hydrogen-bond donors (Lipinski definition) is 0. The van der Waals surface area contributed by atoms with Gasteiger partial charge in [0, 0.05) is 32.1 Å². The van der Waals surface area contributed by atoms with E-state index in [0.29, 0.717) is 25.7 Å². The van der Waals surface area contributed by atoms with Crippen LogP contribution in [0.4, 0.5) is 0 Å². The molecule has 0 unspecified atom stereocenters. The smallest absolute Gasteiger partial charge is 0.133 e. The minimum Gasteiger partial charge on any atom is -0.300 e. The van der Waals surface area contributed by atoms with E-state index in [4.69, 9.17) is 0 Å². The summed E-state index contributed by atoms with van der Waals surface area (Å²) in [6.07, 6.45) is 3.73. The Balaban J connectivity index is 3.53. The molecule has 0 saturated carbocycles. The van der Waals surface area contributed by atoms with Crippen molar-refractivity contribution < 1.29 is 14.4 Å². The Labute approximate surface area is 91.2 Å². The number of ketones is 3. The van der Waals surface area contributed by atoms with Gasteiger partial charge in [-0.2, -0.15) is 0 Å². The van der Waals surface area contributed by atoms with Gasteiger partial charge in [-0.25, -0.2) is 0 Å². The summed E-state index contributed by atoms with van der Waals surface area (Å²) in [6.45, 7) is 3.50. The molecule has 0 N–H and O–H groups in total. The second-order valence-electron chi connectivity index (χ2n) is 3.88. The van der Waals surface area contributed by atoms with Crippen LogP contribution in [0.3, 0.4) is 0 Å². The summed E-state index contributed by atoms with van der Waals surface area (Å²) in [5, 5.41) is 0. The molecule has 3 heteroatoms. The SMILES string of the molecule is CCCCC(=O)CCC(=O)CCC(C)=O. The maximum absolute atomic E-state index is 11.2. The van der Waals surface area contributed by atoms with Crippen LogP contribution >= 0.6 is 0 Å². The fourth-order valence-electron chi connectivity index (χ4n) is 1.22. The quantitative estimate of drug-likeness (QED) is 0.590. The fourth-order valence-corrected chi connectivity index (χ4v) is 1.22. The van der Waals surface area contributed by atoms with E-state index in [1.807, 2.05) is 6.92 Å². The van der Waals surface area contributed by atoms with Gasteiger partial charge in [0.15, 0.2) is 0 Å². The molecular weight excluding hydrogens is 192 g/mol. The molecule has 0 aromatic carbocycles. The standard InChI is InChI=1S/C12H20O3/c1-3-4-5-11(14)8-9-12(15)7-6-10(2)13/h3-9H2,1-2H3. The van der Waals surface area contributed by atoms with Gasteiger partial charge in [-0.1, -0.05) is 13.3 Å². The maximum atomic E-state index is 11.2. The van der Waals surface area contributed by atoms with Crippen molar-refractivity contribution in [3.8, 4) is 0 Å². The zero-order valence-corrected chi connectivity index (χ0v) is 9.67. The van der Waals surface area contributed by atoms with E-state index >= 15 is 0 Å². The predicted octanol–water partition coefficient (Wildman–Crippen LogP) is 2.46. The van der Waals surface area contributed by atoms with E-state index in [0.717, 1.165) is 12.8 Å². The molecule has 0 fully saturated rings. The van der Waals surface area contributed by atoms with Gasteiger partial charge in [-0.15, -0.1) is 0 Å². The summed E-state index contributed by atoms with van der Waals surface area (Å²) in [5.41, 5.74) is 0. The number of hydrogen-bond acceptors (Lipinski definition) is 3. The van der Waals surface area contributed by atoms with Gasteiger partial charge in [0.25, 0.3) is 0 Å². The Morgan fingerprint density at radius 2 is 1.27 bits per heavy atom. The number of Topliss-reactive ketones (excluding diaryl/α,β-unsaturated/α-hetero) is 3. The summed E-state index contributed by atoms with van der Waals surface area (Å²) in [7, 11) is 0. The number of carbonyl (C=O) groups is 3. The van der Waals surface area contributed by atoms with Crippen LogP contribution in [0.15, 0.2) is 0 Å². The first-order chi connectivity index (χ1) is 7.06. The Kier molecular flexibility index (Phi) is 7.78. The van der Waals surface area contributed by atoms with Crippen molar-refractivity contribution in [2.24, 2.45) is 0 Å². The molecule has 0 heterocycles. The van der Waals surface area contributed by atoms with E-state index < -0.39 is 0 Å². The highest BCUT2D eigenvalue weighted by molar-refractivity contribution is 5.88. The van der Waals surface area contributed by atoms with Crippen molar-refractivity contribution in [3.05, 3.63) is 0 Å². The molecule has 0 amide bonds. The third kappa shape index (κ3) is 9.32. The topological polar surface area (TPSA) is 51.2 Å². The molecule has 0 spiro atoms. The summed E-state index contributed by atoms with van der Waals surface area (Å²) in [5.74, 6) is 0.212. The van der Waals surface area contributed by atoms with Crippen molar-refractivity contribution in [1.82, 2.24) is 0 Å². The zero-order chi connectivity index (χ0) is 11.7. The van der Waals surface area contributed by atoms with Gasteiger partial charge in [-0.3, -0.25) is 9.59 Å². The van der Waals surface area contributed by atoms with Crippen LogP contribution in [-0.2, 0) is 14.4 Å². The summed E-state index contributed by atoms with van der Waals surface area (Å²) >= 11 is 0. The lowest BCUT2D eigenvalue weighted by Crippen LogP contribution is -2.05. The van der Waals surface area contributed by atoms with Crippen molar-refractivity contribution in [1.29, 1.82) is 0 Å². The molecule has 0 atom stereocenters. The third-order valence-electron chi connectivity index (χ3n) is 2.25. The van der Waals surface area contributed by atoms with Gasteiger partial charge in [0.05, 0.1) is 0 Å². The minimum atomic E-state index is 0.0232. The molecule has 15 heavy (non-hydrogen) atoms. The van der Waals surface area contributed by atoms with Gasteiger partial charge < -0.3 is 4.79 Å². The van der Waals surface area contributed by atoms with Crippen LogP contribution in [0.2, 0.25) is 0 Å². The summed E-state index contributed by atoms with van der Waals surface area (Å²) in [4.78, 5) is 33.1. The van der Waals surface area contributed by atoms with Gasteiger partial charge in [-0.05, 0) is 13.3 Å². The molecular formula is C12H20O3. The zero-order valence-electron chi connectivity index (χ0n) is 9.67. The molecule has 0 aliphatic carbocycles. The molecule has 0 aliphatic rings. The van der Waals surface area contributed by atoms with Crippen LogP contribution in [0.1, 0.15) is 58.8 Å². The number of rotatable bonds is 9. The normalized spacial score (nSPS) is 10.0. The Hall–Kier alpha value is -0.990. The Morgan fingerprint density at radius 1 is 0.800 bits per heavy atom. The van der Waals surface area contributed by atoms with Crippen LogP contribution in [0.25, 0.3) is 0 Å². The molecule has 0 rings (SSSR count). The maximum Gasteiger partial charge on any atom is 0.133 e. The van der Waals surface area contributed by atoms with E-state index in [2.05, 4.69) is 0 Å². The molecule has 0 bridgehead atoms. The van der Waals surface area contributed by atoms with Gasteiger partial charge >= 0.3 is 0 Å². The van der Waals surface area contributed by atoms with E-state index in [-0.39, 0.29) is 23.8 Å². The van der Waals surface area contributed by atoms with E-state index in [1.54, 1.807) is 0 Å². The van der Waals surface area contributed by atoms with Gasteiger partial charge in [0.2, 0.25) is 0 Å². The Morgan fingerprint density at radius 3 is 1.73 bits per heavy atom. The number of unbranched alkanes of at least 4 members (excludes halogenated alkanes) is 1. The highest BCUT2D eigenvalue weighted by atomic mass is 16.1. The molecule has 86 valence electrons. The Bertz CT molecular complexity index is 231. The third-order valence-corrected chi connectivity index (χ3v) is 2.25. The first-order valence-electron chi connectivity index (χ1n) is 5.59. The van der Waals surface area contributed by atoms with Gasteiger partial charge in [0.1, 0.15) is 17.3 Å². The van der Waals surface area contributed by atoms with Crippen molar-refractivity contribution in [2.45, 2.75) is 58.8 Å². The lowest BCUT2D eigenvalue weighted by atomic mass is 10.0. The molecule has 0 radical (unpaired) electrons. The molecule has 0 aromatic rings. The first-order valence-corrected chi connectivity index (χ1v) is 5.59. The molecule has 0 aliphatic heterocycles. The van der Waals surface area contributed by atoms with Crippen molar-refractivity contribution in [3.63, 3.8) is 0 Å². The number of carbonyl (C=O) groups excluding carboxylic acids is 3. The van der Waals surface area contributed by atoms with Crippen LogP contribution in [0, 0.1) is 0 Å². The van der Waals surface area contributed by atoms with Crippen molar-refractivity contribution in [2.75, 3.05) is 0 Å². The monoisotopic (exact) mass is 212 g/mol. The average molecular weight is 212 g/mol. The van der Waals surface area contributed by atoms with E-state index in [1.165, 1.54) is 6.92 Å². The largest absolute Gasteiger partial charge is 0.300 e. The molecule has 0 saturated heterocycles. The second kappa shape index (κ2) is 8.33. The van der Waals surface area contributed by atoms with E-state index in [9.17, 15) is 14.4 Å². The molecule has 3 nitrogen and oxygen atoms in total. The lowest BCUT2D eigenvalue weighted by Gasteiger charge is -1.99. The van der Waals surface area contributed by atoms with Crippen LogP contribution < -0.4 is 0 Å². The average Bonchev–Trinajstić information content (AvgIpc) is 2.20. The minimum absolute atomic E-state index is 0.0232. The first kappa shape index (κ1) is 14.0. The summed E-state index contributed by atoms with van der Waals surface area (Å²) < 4.78 is 0. The van der Waals surface area contributed by atoms with Crippen LogP contribution in [0.5, 0.6) is 0 Å². The highest BCUT2D eigenvalue weighted by Crippen LogP contribution is 2.04.